The summed E-state index contributed by atoms with van der Waals surface area (Å²) in [5.74, 6) is -0.739. The number of nitrogens with two attached hydrogens (primary N) is 2. The molecule has 0 spiro atoms. The van der Waals surface area contributed by atoms with Crippen LogP contribution in [0.4, 0.5) is 16.2 Å². The van der Waals surface area contributed by atoms with E-state index < -0.39 is 5.54 Å². The second-order valence-corrected chi connectivity index (χ2v) is 12.0. The first kappa shape index (κ1) is 32.3. The molecule has 234 valence electrons. The smallest absolute Gasteiger partial charge is 0.318 e. The summed E-state index contributed by atoms with van der Waals surface area (Å²) in [6, 6.07) is 16.9. The monoisotopic (exact) mass is 600 g/mol. The van der Waals surface area contributed by atoms with Gasteiger partial charge in [0.1, 0.15) is 5.84 Å². The summed E-state index contributed by atoms with van der Waals surface area (Å²) < 4.78 is 0. The van der Waals surface area contributed by atoms with Crippen LogP contribution in [-0.2, 0) is 9.59 Å². The van der Waals surface area contributed by atoms with E-state index in [2.05, 4.69) is 27.1 Å². The fourth-order valence-electron chi connectivity index (χ4n) is 5.62. The molecule has 1 unspecified atom stereocenters. The third-order valence-electron chi connectivity index (χ3n) is 8.34. The van der Waals surface area contributed by atoms with E-state index >= 15 is 0 Å². The zero-order valence-corrected chi connectivity index (χ0v) is 26.0. The highest BCUT2D eigenvalue weighted by molar-refractivity contribution is 6.06. The molecule has 4 rings (SSSR count). The van der Waals surface area contributed by atoms with Gasteiger partial charge in [0.2, 0.25) is 5.91 Å². The van der Waals surface area contributed by atoms with Gasteiger partial charge in [-0.15, -0.1) is 0 Å². The van der Waals surface area contributed by atoms with Crippen molar-refractivity contribution in [2.75, 3.05) is 50.5 Å². The topological polar surface area (TPSA) is 149 Å². The number of hydrogen-bond donors (Lipinski definition) is 4. The average Bonchev–Trinajstić information content (AvgIpc) is 3.25. The average molecular weight is 601 g/mol. The fourth-order valence-corrected chi connectivity index (χ4v) is 5.62. The number of rotatable bonds is 9. The van der Waals surface area contributed by atoms with E-state index in [1.165, 1.54) is 6.08 Å². The minimum absolute atomic E-state index is 0.0587. The molecule has 1 atom stereocenters. The van der Waals surface area contributed by atoms with Crippen LogP contribution in [0, 0.1) is 5.92 Å². The van der Waals surface area contributed by atoms with Crippen LogP contribution in [0.15, 0.2) is 83.5 Å². The number of urea groups is 1. The van der Waals surface area contributed by atoms with Gasteiger partial charge in [0.05, 0.1) is 18.1 Å². The molecule has 0 radical (unpaired) electrons. The standard InChI is InChI=1S/C33H44N8O3/c1-6-28(42)36-24-12-14-25(15-13-24)40-18-16-23(17-19-40)31(43)38-30(35)26-20-41(33(2,3)29(26)34)32(44)37-27(21-39(4)5)22-10-8-7-9-11-22/h6-15,23,27H,1,16-21,34H2,2-5H3,(H,36,42)(H,37,44)(H2,35,38,43). The van der Waals surface area contributed by atoms with E-state index in [1.54, 1.807) is 4.90 Å². The predicted molar refractivity (Wildman–Crippen MR) is 175 cm³/mol. The Labute approximate surface area is 259 Å². The Hall–Kier alpha value is -4.64. The number of hydrogen-bond acceptors (Lipinski definition) is 6. The molecule has 44 heavy (non-hydrogen) atoms. The van der Waals surface area contributed by atoms with Crippen molar-refractivity contribution in [2.24, 2.45) is 22.4 Å². The Morgan fingerprint density at radius 2 is 1.73 bits per heavy atom. The Balaban J connectivity index is 1.38. The third-order valence-corrected chi connectivity index (χ3v) is 8.34. The lowest BCUT2D eigenvalue weighted by atomic mass is 9.95. The van der Waals surface area contributed by atoms with Crippen LogP contribution >= 0.6 is 0 Å². The van der Waals surface area contributed by atoms with Crippen molar-refractivity contribution >= 4 is 35.1 Å². The molecule has 11 heteroatoms. The summed E-state index contributed by atoms with van der Waals surface area (Å²) in [5, 5.41) is 5.89. The number of likely N-dealkylation sites (N-methyl/N-ethyl adjacent to an activating group) is 1. The van der Waals surface area contributed by atoms with Gasteiger partial charge in [-0.25, -0.2) is 4.79 Å². The lowest BCUT2D eigenvalue weighted by molar-refractivity contribution is -0.122. The number of piperidine rings is 1. The van der Waals surface area contributed by atoms with E-state index in [4.69, 9.17) is 11.5 Å². The summed E-state index contributed by atoms with van der Waals surface area (Å²) in [7, 11) is 3.92. The number of carbonyl (C=O) groups is 3. The first-order chi connectivity index (χ1) is 20.9. The van der Waals surface area contributed by atoms with Crippen LogP contribution < -0.4 is 27.0 Å². The number of amides is 4. The maximum atomic E-state index is 13.6. The normalized spacial score (nSPS) is 17.9. The largest absolute Gasteiger partial charge is 0.400 e. The molecule has 4 amide bonds. The highest BCUT2D eigenvalue weighted by atomic mass is 16.2. The lowest BCUT2D eigenvalue weighted by Crippen LogP contribution is -2.52. The van der Waals surface area contributed by atoms with Gasteiger partial charge in [-0.3, -0.25) is 9.59 Å². The molecule has 0 aliphatic carbocycles. The molecule has 0 saturated carbocycles. The van der Waals surface area contributed by atoms with Crippen LogP contribution in [0.1, 0.15) is 38.3 Å². The quantitative estimate of drug-likeness (QED) is 0.196. The summed E-state index contributed by atoms with van der Waals surface area (Å²) in [6.45, 7) is 9.34. The van der Waals surface area contributed by atoms with Crippen molar-refractivity contribution in [3.8, 4) is 0 Å². The van der Waals surface area contributed by atoms with Gasteiger partial charge in [0.15, 0.2) is 0 Å². The number of carbonyl (C=O) groups excluding carboxylic acids is 3. The summed E-state index contributed by atoms with van der Waals surface area (Å²) in [4.78, 5) is 48.4. The van der Waals surface area contributed by atoms with Gasteiger partial charge in [0.25, 0.3) is 5.91 Å². The van der Waals surface area contributed by atoms with Gasteiger partial charge in [-0.05, 0) is 76.7 Å². The Bertz CT molecular complexity index is 1420. The van der Waals surface area contributed by atoms with Crippen LogP contribution in [0.2, 0.25) is 0 Å². The highest BCUT2D eigenvalue weighted by Gasteiger charge is 2.43. The minimum atomic E-state index is -0.822. The fraction of sp³-hybridized carbons (Fsp3) is 0.394. The van der Waals surface area contributed by atoms with Crippen molar-refractivity contribution in [1.29, 1.82) is 0 Å². The van der Waals surface area contributed by atoms with E-state index in [9.17, 15) is 14.4 Å². The van der Waals surface area contributed by atoms with Crippen LogP contribution in [0.5, 0.6) is 0 Å². The zero-order valence-electron chi connectivity index (χ0n) is 26.0. The molecule has 0 aromatic heterocycles. The zero-order chi connectivity index (χ0) is 32.0. The third kappa shape index (κ3) is 7.46. The van der Waals surface area contributed by atoms with E-state index in [-0.39, 0.29) is 42.2 Å². The molecule has 0 bridgehead atoms. The minimum Gasteiger partial charge on any atom is -0.400 e. The number of aliphatic imine (C=N–C) groups is 1. The van der Waals surface area contributed by atoms with Crippen molar-refractivity contribution in [2.45, 2.75) is 38.3 Å². The van der Waals surface area contributed by atoms with Gasteiger partial charge in [-0.1, -0.05) is 36.9 Å². The maximum absolute atomic E-state index is 13.6. The number of anilines is 2. The Morgan fingerprint density at radius 3 is 2.32 bits per heavy atom. The van der Waals surface area contributed by atoms with Crippen molar-refractivity contribution in [1.82, 2.24) is 15.1 Å². The predicted octanol–water partition coefficient (Wildman–Crippen LogP) is 3.23. The molecule has 1 fully saturated rings. The lowest BCUT2D eigenvalue weighted by Gasteiger charge is -2.35. The summed E-state index contributed by atoms with van der Waals surface area (Å²) in [5.41, 5.74) is 15.7. The van der Waals surface area contributed by atoms with Crippen LogP contribution in [0.25, 0.3) is 0 Å². The molecule has 2 aliphatic rings. The SMILES string of the molecule is C=CC(=O)Nc1ccc(N2CCC(C(=O)N=C(N)C3=C(N)C(C)(C)N(C(=O)NC(CN(C)C)c4ccccc4)C3)CC2)cc1. The molecular weight excluding hydrogens is 556 g/mol. The van der Waals surface area contributed by atoms with E-state index in [1.807, 2.05) is 87.4 Å². The molecule has 2 heterocycles. The van der Waals surface area contributed by atoms with Crippen molar-refractivity contribution < 1.29 is 14.4 Å². The first-order valence-corrected chi connectivity index (χ1v) is 14.8. The molecule has 11 nitrogen and oxygen atoms in total. The van der Waals surface area contributed by atoms with Crippen molar-refractivity contribution in [3.63, 3.8) is 0 Å². The second kappa shape index (κ2) is 13.8. The van der Waals surface area contributed by atoms with Crippen LogP contribution in [0.3, 0.4) is 0 Å². The number of benzene rings is 2. The first-order valence-electron chi connectivity index (χ1n) is 14.8. The molecule has 2 aromatic rings. The van der Waals surface area contributed by atoms with Gasteiger partial charge in [0, 0.05) is 48.2 Å². The van der Waals surface area contributed by atoms with Gasteiger partial charge >= 0.3 is 6.03 Å². The maximum Gasteiger partial charge on any atom is 0.318 e. The molecule has 6 N–H and O–H groups in total. The summed E-state index contributed by atoms with van der Waals surface area (Å²) in [6.07, 6.45) is 2.49. The number of nitrogens with one attached hydrogen (secondary N) is 2. The number of nitrogens with zero attached hydrogens (tertiary/aromatic N) is 4. The van der Waals surface area contributed by atoms with Crippen molar-refractivity contribution in [3.05, 3.63) is 84.1 Å². The van der Waals surface area contributed by atoms with E-state index in [0.717, 1.165) is 11.3 Å². The second-order valence-electron chi connectivity index (χ2n) is 12.0. The summed E-state index contributed by atoms with van der Waals surface area (Å²) >= 11 is 0. The highest BCUT2D eigenvalue weighted by Crippen LogP contribution is 2.32. The van der Waals surface area contributed by atoms with Crippen LogP contribution in [-0.4, -0.2) is 79.3 Å². The Morgan fingerprint density at radius 1 is 1.09 bits per heavy atom. The molecule has 2 aromatic carbocycles. The molecule has 1 saturated heterocycles. The molecule has 2 aliphatic heterocycles. The Kier molecular flexibility index (Phi) is 10.1. The molecular formula is C33H44N8O3. The van der Waals surface area contributed by atoms with Gasteiger partial charge in [-0.2, -0.15) is 4.99 Å². The van der Waals surface area contributed by atoms with E-state index in [0.29, 0.717) is 49.4 Å². The van der Waals surface area contributed by atoms with Gasteiger partial charge < -0.3 is 36.8 Å². The number of amidine groups is 1.